The number of hydrogen-bond acceptors (Lipinski definition) is 2. The number of benzene rings is 2. The van der Waals surface area contributed by atoms with E-state index in [1.165, 1.54) is 31.4 Å². The van der Waals surface area contributed by atoms with Gasteiger partial charge in [0.2, 0.25) is 5.56 Å². The Balaban J connectivity index is 2.13. The van der Waals surface area contributed by atoms with Crippen molar-refractivity contribution in [3.63, 3.8) is 0 Å². The molecule has 120 valence electrons. The molecule has 4 rings (SSSR count). The summed E-state index contributed by atoms with van der Waals surface area (Å²) in [4.78, 5) is 17.9. The molecule has 0 bridgehead atoms. The normalized spacial score (nSPS) is 11.3. The number of H-pyrrole nitrogens is 2. The van der Waals surface area contributed by atoms with Crippen LogP contribution in [0.15, 0.2) is 47.3 Å². The molecule has 0 aliphatic heterocycles. The first-order valence-electron chi connectivity index (χ1n) is 7.25. The largest absolute Gasteiger partial charge is 0.494 e. The number of aromatic amines is 2. The van der Waals surface area contributed by atoms with Gasteiger partial charge in [-0.05, 0) is 24.3 Å². The molecule has 0 atom stereocenters. The van der Waals surface area contributed by atoms with Crippen molar-refractivity contribution in [2.45, 2.75) is 0 Å². The standard InChI is InChI=1S/C18H12F2N2O2/c1-24-14-4-2-3-10(16(14)20)11-8-15(23)22-18-12-7-9(19)5-6-13(12)21-17(11)18/h2-8,21H,1H3,(H,22,23). The Bertz CT molecular complexity index is 1150. The van der Waals surface area contributed by atoms with Crippen LogP contribution in [0.3, 0.4) is 0 Å². The van der Waals surface area contributed by atoms with Gasteiger partial charge >= 0.3 is 0 Å². The molecule has 4 aromatic rings. The lowest BCUT2D eigenvalue weighted by atomic mass is 10.0. The van der Waals surface area contributed by atoms with Gasteiger partial charge in [0.25, 0.3) is 0 Å². The van der Waals surface area contributed by atoms with Crippen molar-refractivity contribution in [3.05, 3.63) is 64.5 Å². The minimum atomic E-state index is -0.559. The lowest BCUT2D eigenvalue weighted by Crippen LogP contribution is -2.05. The van der Waals surface area contributed by atoms with Crippen molar-refractivity contribution < 1.29 is 13.5 Å². The highest BCUT2D eigenvalue weighted by Crippen LogP contribution is 2.34. The van der Waals surface area contributed by atoms with Crippen molar-refractivity contribution in [2.24, 2.45) is 0 Å². The van der Waals surface area contributed by atoms with Crippen LogP contribution in [0.4, 0.5) is 8.78 Å². The van der Waals surface area contributed by atoms with E-state index in [-0.39, 0.29) is 11.3 Å². The molecule has 2 N–H and O–H groups in total. The van der Waals surface area contributed by atoms with Gasteiger partial charge in [0.1, 0.15) is 5.82 Å². The number of ether oxygens (including phenoxy) is 1. The molecule has 0 aliphatic rings. The number of pyridine rings is 1. The number of fused-ring (bicyclic) bond motifs is 3. The summed E-state index contributed by atoms with van der Waals surface area (Å²) in [5.74, 6) is -0.887. The van der Waals surface area contributed by atoms with E-state index in [4.69, 9.17) is 4.74 Å². The van der Waals surface area contributed by atoms with Crippen LogP contribution in [0.1, 0.15) is 0 Å². The molecule has 0 fully saturated rings. The fourth-order valence-electron chi connectivity index (χ4n) is 2.95. The third kappa shape index (κ3) is 2.07. The summed E-state index contributed by atoms with van der Waals surface area (Å²) in [6.07, 6.45) is 0. The fourth-order valence-corrected chi connectivity index (χ4v) is 2.95. The van der Waals surface area contributed by atoms with Crippen LogP contribution >= 0.6 is 0 Å². The van der Waals surface area contributed by atoms with E-state index in [1.54, 1.807) is 18.2 Å². The molecular formula is C18H12F2N2O2. The van der Waals surface area contributed by atoms with Crippen molar-refractivity contribution in [1.29, 1.82) is 0 Å². The van der Waals surface area contributed by atoms with Crippen LogP contribution in [-0.2, 0) is 0 Å². The quantitative estimate of drug-likeness (QED) is 0.586. The second-order valence-electron chi connectivity index (χ2n) is 5.43. The van der Waals surface area contributed by atoms with Crippen LogP contribution in [0.5, 0.6) is 5.75 Å². The van der Waals surface area contributed by atoms with E-state index in [1.807, 2.05) is 0 Å². The van der Waals surface area contributed by atoms with E-state index in [0.29, 0.717) is 27.5 Å². The summed E-state index contributed by atoms with van der Waals surface area (Å²) in [6, 6.07) is 10.3. The lowest BCUT2D eigenvalue weighted by molar-refractivity contribution is 0.387. The first-order valence-corrected chi connectivity index (χ1v) is 7.25. The molecule has 4 nitrogen and oxygen atoms in total. The Morgan fingerprint density at radius 1 is 0.958 bits per heavy atom. The van der Waals surface area contributed by atoms with E-state index < -0.39 is 17.2 Å². The molecule has 0 spiro atoms. The Labute approximate surface area is 134 Å². The molecule has 6 heteroatoms. The zero-order valence-electron chi connectivity index (χ0n) is 12.6. The zero-order chi connectivity index (χ0) is 16.8. The second kappa shape index (κ2) is 5.19. The van der Waals surface area contributed by atoms with Gasteiger partial charge in [0.15, 0.2) is 11.6 Å². The summed E-state index contributed by atoms with van der Waals surface area (Å²) in [7, 11) is 1.38. The van der Waals surface area contributed by atoms with Gasteiger partial charge in [0, 0.05) is 28.1 Å². The molecule has 0 amide bonds. The molecule has 0 aliphatic carbocycles. The maximum absolute atomic E-state index is 14.6. The molecule has 2 heterocycles. The summed E-state index contributed by atoms with van der Waals surface area (Å²) in [5, 5.41) is 0.534. The van der Waals surface area contributed by atoms with Crippen molar-refractivity contribution in [2.75, 3.05) is 7.11 Å². The smallest absolute Gasteiger partial charge is 0.249 e. The minimum absolute atomic E-state index is 0.0862. The van der Waals surface area contributed by atoms with Crippen molar-refractivity contribution >= 4 is 21.9 Å². The molecular weight excluding hydrogens is 314 g/mol. The van der Waals surface area contributed by atoms with Gasteiger partial charge in [-0.25, -0.2) is 8.78 Å². The van der Waals surface area contributed by atoms with Gasteiger partial charge < -0.3 is 14.7 Å². The van der Waals surface area contributed by atoms with Crippen LogP contribution in [0, 0.1) is 11.6 Å². The molecule has 2 aromatic carbocycles. The summed E-state index contributed by atoms with van der Waals surface area (Å²) < 4.78 is 33.2. The SMILES string of the molecule is COc1cccc(-c2cc(=O)[nH]c3c2[nH]c2ccc(F)cc23)c1F. The third-order valence-corrected chi connectivity index (χ3v) is 4.03. The van der Waals surface area contributed by atoms with Crippen molar-refractivity contribution in [3.8, 4) is 16.9 Å². The van der Waals surface area contributed by atoms with Crippen LogP contribution in [0.25, 0.3) is 33.1 Å². The minimum Gasteiger partial charge on any atom is -0.494 e. The number of halogens is 2. The fraction of sp³-hybridized carbons (Fsp3) is 0.0556. The third-order valence-electron chi connectivity index (χ3n) is 4.03. The monoisotopic (exact) mass is 326 g/mol. The second-order valence-corrected chi connectivity index (χ2v) is 5.43. The van der Waals surface area contributed by atoms with Gasteiger partial charge in [0.05, 0.1) is 18.1 Å². The zero-order valence-corrected chi connectivity index (χ0v) is 12.6. The lowest BCUT2D eigenvalue weighted by Gasteiger charge is -2.08. The van der Waals surface area contributed by atoms with E-state index in [0.717, 1.165) is 0 Å². The summed E-state index contributed by atoms with van der Waals surface area (Å²) in [6.45, 7) is 0. The number of hydrogen-bond donors (Lipinski definition) is 2. The molecule has 2 aromatic heterocycles. The van der Waals surface area contributed by atoms with Gasteiger partial charge in [-0.1, -0.05) is 12.1 Å². The van der Waals surface area contributed by atoms with Crippen LogP contribution < -0.4 is 10.3 Å². The topological polar surface area (TPSA) is 57.9 Å². The predicted molar refractivity (Wildman–Crippen MR) is 88.3 cm³/mol. The first kappa shape index (κ1) is 14.4. The number of rotatable bonds is 2. The van der Waals surface area contributed by atoms with Crippen LogP contribution in [0.2, 0.25) is 0 Å². The molecule has 0 unspecified atom stereocenters. The number of aromatic nitrogens is 2. The summed E-state index contributed by atoms with van der Waals surface area (Å²) >= 11 is 0. The van der Waals surface area contributed by atoms with Crippen molar-refractivity contribution in [1.82, 2.24) is 9.97 Å². The first-order chi connectivity index (χ1) is 11.6. The Morgan fingerprint density at radius 3 is 2.58 bits per heavy atom. The average molecular weight is 326 g/mol. The highest BCUT2D eigenvalue weighted by Gasteiger charge is 2.17. The molecule has 24 heavy (non-hydrogen) atoms. The predicted octanol–water partition coefficient (Wildman–Crippen LogP) is 3.96. The molecule has 0 radical (unpaired) electrons. The van der Waals surface area contributed by atoms with E-state index in [2.05, 4.69) is 9.97 Å². The summed E-state index contributed by atoms with van der Waals surface area (Å²) in [5.41, 5.74) is 1.85. The van der Waals surface area contributed by atoms with Gasteiger partial charge in [-0.3, -0.25) is 4.79 Å². The maximum Gasteiger partial charge on any atom is 0.249 e. The van der Waals surface area contributed by atoms with Gasteiger partial charge in [-0.2, -0.15) is 0 Å². The molecule has 0 saturated carbocycles. The number of methoxy groups -OCH3 is 1. The highest BCUT2D eigenvalue weighted by molar-refractivity contribution is 6.09. The maximum atomic E-state index is 14.6. The Kier molecular flexibility index (Phi) is 3.13. The number of nitrogens with one attached hydrogen (secondary N) is 2. The van der Waals surface area contributed by atoms with E-state index in [9.17, 15) is 13.6 Å². The van der Waals surface area contributed by atoms with E-state index >= 15 is 0 Å². The van der Waals surface area contributed by atoms with Crippen LogP contribution in [-0.4, -0.2) is 17.1 Å². The highest BCUT2D eigenvalue weighted by atomic mass is 19.1. The Hall–Kier alpha value is -3.15. The Morgan fingerprint density at radius 2 is 1.79 bits per heavy atom. The average Bonchev–Trinajstić information content (AvgIpc) is 2.92. The molecule has 0 saturated heterocycles. The van der Waals surface area contributed by atoms with Gasteiger partial charge in [-0.15, -0.1) is 0 Å².